The van der Waals surface area contributed by atoms with Gasteiger partial charge >= 0.3 is 5.97 Å². The van der Waals surface area contributed by atoms with Crippen molar-refractivity contribution in [2.45, 2.75) is 6.42 Å². The number of rotatable bonds is 4. The number of amides is 1. The lowest BCUT2D eigenvalue weighted by molar-refractivity contribution is -0.145. The molecule has 0 unspecified atom stereocenters. The van der Waals surface area contributed by atoms with E-state index in [4.69, 9.17) is 9.47 Å². The Morgan fingerprint density at radius 3 is 2.35 bits per heavy atom. The molecule has 0 saturated carbocycles. The van der Waals surface area contributed by atoms with Crippen LogP contribution in [0.4, 0.5) is 5.69 Å². The zero-order valence-corrected chi connectivity index (χ0v) is 12.8. The first kappa shape index (κ1) is 15.1. The Labute approximate surface area is 134 Å². The van der Waals surface area contributed by atoms with E-state index in [1.807, 2.05) is 42.5 Å². The highest BCUT2D eigenvalue weighted by atomic mass is 16.5. The molecule has 3 rings (SSSR count). The highest BCUT2D eigenvalue weighted by molar-refractivity contribution is 5.99. The predicted octanol–water partition coefficient (Wildman–Crippen LogP) is 3.00. The van der Waals surface area contributed by atoms with E-state index < -0.39 is 5.92 Å². The SMILES string of the molecule is COC(=O)[C@H]1CC(=O)N(c2ccc(Oc3ccccc3)cc2)C1. The average molecular weight is 311 g/mol. The van der Waals surface area contributed by atoms with Gasteiger partial charge in [0.2, 0.25) is 5.91 Å². The fourth-order valence-corrected chi connectivity index (χ4v) is 2.60. The van der Waals surface area contributed by atoms with E-state index in [-0.39, 0.29) is 18.3 Å². The molecule has 5 nitrogen and oxygen atoms in total. The highest BCUT2D eigenvalue weighted by Gasteiger charge is 2.35. The van der Waals surface area contributed by atoms with Crippen LogP contribution < -0.4 is 9.64 Å². The molecule has 118 valence electrons. The summed E-state index contributed by atoms with van der Waals surface area (Å²) in [7, 11) is 1.34. The van der Waals surface area contributed by atoms with Gasteiger partial charge in [0.25, 0.3) is 0 Å². The third-order valence-electron chi connectivity index (χ3n) is 3.79. The number of para-hydroxylation sites is 1. The topological polar surface area (TPSA) is 55.8 Å². The minimum absolute atomic E-state index is 0.0721. The van der Waals surface area contributed by atoms with Gasteiger partial charge in [-0.3, -0.25) is 9.59 Å². The number of ether oxygens (including phenoxy) is 2. The van der Waals surface area contributed by atoms with Crippen molar-refractivity contribution in [2.75, 3.05) is 18.6 Å². The van der Waals surface area contributed by atoms with Crippen molar-refractivity contribution in [1.82, 2.24) is 0 Å². The van der Waals surface area contributed by atoms with Crippen LogP contribution >= 0.6 is 0 Å². The van der Waals surface area contributed by atoms with E-state index in [1.165, 1.54) is 7.11 Å². The summed E-state index contributed by atoms with van der Waals surface area (Å²) in [6, 6.07) is 16.7. The Balaban J connectivity index is 1.70. The molecule has 1 amide bonds. The molecule has 0 aromatic heterocycles. The lowest BCUT2D eigenvalue weighted by Crippen LogP contribution is -2.26. The smallest absolute Gasteiger partial charge is 0.311 e. The lowest BCUT2D eigenvalue weighted by Gasteiger charge is -2.17. The Hall–Kier alpha value is -2.82. The molecule has 0 bridgehead atoms. The summed E-state index contributed by atoms with van der Waals surface area (Å²) in [6.45, 7) is 0.352. The Kier molecular flexibility index (Phi) is 4.28. The summed E-state index contributed by atoms with van der Waals surface area (Å²) in [6.07, 6.45) is 0.189. The highest BCUT2D eigenvalue weighted by Crippen LogP contribution is 2.28. The maximum absolute atomic E-state index is 12.1. The molecule has 23 heavy (non-hydrogen) atoms. The van der Waals surface area contributed by atoms with Crippen LogP contribution in [-0.2, 0) is 14.3 Å². The number of hydrogen-bond acceptors (Lipinski definition) is 4. The van der Waals surface area contributed by atoms with Crippen molar-refractivity contribution in [3.63, 3.8) is 0 Å². The van der Waals surface area contributed by atoms with Crippen molar-refractivity contribution < 1.29 is 19.1 Å². The molecule has 1 saturated heterocycles. The first-order chi connectivity index (χ1) is 11.2. The molecule has 5 heteroatoms. The molecule has 1 aliphatic heterocycles. The molecule has 2 aromatic carbocycles. The van der Waals surface area contributed by atoms with E-state index in [1.54, 1.807) is 17.0 Å². The van der Waals surface area contributed by atoms with Crippen LogP contribution in [0.25, 0.3) is 0 Å². The summed E-state index contributed by atoms with van der Waals surface area (Å²) in [5, 5.41) is 0. The lowest BCUT2D eigenvalue weighted by atomic mass is 10.1. The molecular weight excluding hydrogens is 294 g/mol. The molecular formula is C18H17NO4. The van der Waals surface area contributed by atoms with Crippen LogP contribution in [0.5, 0.6) is 11.5 Å². The van der Waals surface area contributed by atoms with Crippen molar-refractivity contribution in [3.8, 4) is 11.5 Å². The Bertz CT molecular complexity index is 697. The van der Waals surface area contributed by atoms with Gasteiger partial charge in [-0.05, 0) is 36.4 Å². The number of benzene rings is 2. The van der Waals surface area contributed by atoms with Crippen LogP contribution in [0.1, 0.15) is 6.42 Å². The molecule has 0 spiro atoms. The second-order valence-electron chi connectivity index (χ2n) is 5.34. The Morgan fingerprint density at radius 1 is 1.04 bits per heavy atom. The van der Waals surface area contributed by atoms with Crippen LogP contribution in [-0.4, -0.2) is 25.5 Å². The largest absolute Gasteiger partial charge is 0.469 e. The molecule has 0 radical (unpaired) electrons. The first-order valence-corrected chi connectivity index (χ1v) is 7.38. The molecule has 1 aliphatic rings. The standard InChI is InChI=1S/C18H17NO4/c1-22-18(21)13-11-17(20)19(12-13)14-7-9-16(10-8-14)23-15-5-3-2-4-6-15/h2-10,13H,11-12H2,1H3/t13-/m0/s1. The number of carbonyl (C=O) groups excluding carboxylic acids is 2. The Morgan fingerprint density at radius 2 is 1.70 bits per heavy atom. The number of anilines is 1. The molecule has 2 aromatic rings. The fraction of sp³-hybridized carbons (Fsp3) is 0.222. The van der Waals surface area contributed by atoms with Gasteiger partial charge in [-0.1, -0.05) is 18.2 Å². The van der Waals surface area contributed by atoms with Crippen molar-refractivity contribution >= 4 is 17.6 Å². The predicted molar refractivity (Wildman–Crippen MR) is 85.4 cm³/mol. The number of esters is 1. The second kappa shape index (κ2) is 6.52. The first-order valence-electron chi connectivity index (χ1n) is 7.38. The molecule has 1 fully saturated rings. The zero-order valence-electron chi connectivity index (χ0n) is 12.8. The van der Waals surface area contributed by atoms with Crippen LogP contribution in [0.15, 0.2) is 54.6 Å². The van der Waals surface area contributed by atoms with E-state index in [2.05, 4.69) is 0 Å². The van der Waals surface area contributed by atoms with E-state index in [0.29, 0.717) is 12.3 Å². The van der Waals surface area contributed by atoms with Gasteiger partial charge in [-0.15, -0.1) is 0 Å². The third-order valence-corrected chi connectivity index (χ3v) is 3.79. The summed E-state index contributed by atoms with van der Waals surface area (Å²) >= 11 is 0. The van der Waals surface area contributed by atoms with Crippen molar-refractivity contribution in [2.24, 2.45) is 5.92 Å². The van der Waals surface area contributed by atoms with Crippen LogP contribution in [0.2, 0.25) is 0 Å². The summed E-state index contributed by atoms with van der Waals surface area (Å²) < 4.78 is 10.4. The molecule has 0 aliphatic carbocycles. The summed E-state index contributed by atoms with van der Waals surface area (Å²) in [5.41, 5.74) is 0.752. The van der Waals surface area contributed by atoms with Gasteiger partial charge < -0.3 is 14.4 Å². The van der Waals surface area contributed by atoms with Crippen molar-refractivity contribution in [1.29, 1.82) is 0 Å². The van der Waals surface area contributed by atoms with Crippen LogP contribution in [0.3, 0.4) is 0 Å². The van der Waals surface area contributed by atoms with Gasteiger partial charge in [0.1, 0.15) is 11.5 Å². The third kappa shape index (κ3) is 3.34. The maximum atomic E-state index is 12.1. The van der Waals surface area contributed by atoms with E-state index >= 15 is 0 Å². The van der Waals surface area contributed by atoms with Gasteiger partial charge in [-0.25, -0.2) is 0 Å². The van der Waals surface area contributed by atoms with Crippen molar-refractivity contribution in [3.05, 3.63) is 54.6 Å². The van der Waals surface area contributed by atoms with E-state index in [0.717, 1.165) is 11.4 Å². The maximum Gasteiger partial charge on any atom is 0.311 e. The van der Waals surface area contributed by atoms with E-state index in [9.17, 15) is 9.59 Å². The summed E-state index contributed by atoms with van der Waals surface area (Å²) in [5.74, 6) is 0.633. The normalized spacial score (nSPS) is 17.2. The molecule has 1 atom stereocenters. The number of carbonyl (C=O) groups is 2. The average Bonchev–Trinajstić information content (AvgIpc) is 2.98. The van der Waals surface area contributed by atoms with Gasteiger partial charge in [0, 0.05) is 18.7 Å². The number of methoxy groups -OCH3 is 1. The molecule has 0 N–H and O–H groups in total. The van der Waals surface area contributed by atoms with Gasteiger partial charge in [-0.2, -0.15) is 0 Å². The quantitative estimate of drug-likeness (QED) is 0.815. The summed E-state index contributed by atoms with van der Waals surface area (Å²) in [4.78, 5) is 25.2. The minimum Gasteiger partial charge on any atom is -0.469 e. The van der Waals surface area contributed by atoms with Crippen LogP contribution in [0, 0.1) is 5.92 Å². The van der Waals surface area contributed by atoms with Gasteiger partial charge in [0.05, 0.1) is 13.0 Å². The number of hydrogen-bond donors (Lipinski definition) is 0. The minimum atomic E-state index is -0.396. The monoisotopic (exact) mass is 311 g/mol. The van der Waals surface area contributed by atoms with Gasteiger partial charge in [0.15, 0.2) is 0 Å². The number of nitrogens with zero attached hydrogens (tertiary/aromatic N) is 1. The molecule has 1 heterocycles. The second-order valence-corrected chi connectivity index (χ2v) is 5.34. The fourth-order valence-electron chi connectivity index (χ4n) is 2.60. The zero-order chi connectivity index (χ0) is 16.2.